The van der Waals surface area contributed by atoms with Crippen LogP contribution in [-0.2, 0) is 6.54 Å². The van der Waals surface area contributed by atoms with Crippen LogP contribution < -0.4 is 10.9 Å². The van der Waals surface area contributed by atoms with Crippen molar-refractivity contribution in [2.45, 2.75) is 13.5 Å². The van der Waals surface area contributed by atoms with Crippen molar-refractivity contribution in [2.24, 2.45) is 0 Å². The van der Waals surface area contributed by atoms with Gasteiger partial charge in [-0.3, -0.25) is 19.1 Å². The van der Waals surface area contributed by atoms with Gasteiger partial charge in [0, 0.05) is 31.2 Å². The lowest BCUT2D eigenvalue weighted by molar-refractivity contribution is 0.0954. The maximum absolute atomic E-state index is 12.4. The van der Waals surface area contributed by atoms with Gasteiger partial charge in [-0.15, -0.1) is 11.3 Å². The number of thiophene rings is 1. The average molecular weight is 341 g/mol. The maximum Gasteiger partial charge on any atom is 0.261 e. The summed E-state index contributed by atoms with van der Waals surface area (Å²) in [5.41, 5.74) is 1.35. The summed E-state index contributed by atoms with van der Waals surface area (Å²) in [7, 11) is 0. The summed E-state index contributed by atoms with van der Waals surface area (Å²) in [6.45, 7) is 2.21. The van der Waals surface area contributed by atoms with Crippen LogP contribution in [0.3, 0.4) is 0 Å². The summed E-state index contributed by atoms with van der Waals surface area (Å²) < 4.78 is 1.40. The highest BCUT2D eigenvalue weighted by Crippen LogP contribution is 2.24. The van der Waals surface area contributed by atoms with Crippen molar-refractivity contribution in [2.75, 3.05) is 0 Å². The molecular formula is C17H15N3O3S. The van der Waals surface area contributed by atoms with Crippen molar-refractivity contribution in [3.8, 4) is 10.8 Å². The van der Waals surface area contributed by atoms with Gasteiger partial charge in [0.2, 0.25) is 0 Å². The number of carbonyl (C=O) groups is 1. The quantitative estimate of drug-likeness (QED) is 0.762. The Morgan fingerprint density at radius 3 is 2.92 bits per heavy atom. The topological polar surface area (TPSA) is 84.2 Å². The summed E-state index contributed by atoms with van der Waals surface area (Å²) in [5.74, 6) is -0.279. The van der Waals surface area contributed by atoms with Crippen molar-refractivity contribution in [1.82, 2.24) is 14.9 Å². The zero-order valence-electron chi connectivity index (χ0n) is 12.9. The van der Waals surface area contributed by atoms with E-state index >= 15 is 0 Å². The molecule has 122 valence electrons. The molecule has 0 spiro atoms. The molecular weight excluding hydrogens is 326 g/mol. The lowest BCUT2D eigenvalue weighted by Gasteiger charge is -2.04. The van der Waals surface area contributed by atoms with E-state index in [4.69, 9.17) is 0 Å². The molecule has 0 aliphatic rings. The molecule has 0 fully saturated rings. The van der Waals surface area contributed by atoms with Gasteiger partial charge in [0.1, 0.15) is 10.8 Å². The predicted octanol–water partition coefficient (Wildman–Crippen LogP) is 2.24. The van der Waals surface area contributed by atoms with Crippen LogP contribution in [0, 0.1) is 6.92 Å². The van der Waals surface area contributed by atoms with E-state index in [9.17, 15) is 14.7 Å². The second-order valence-electron chi connectivity index (χ2n) is 5.23. The van der Waals surface area contributed by atoms with Crippen LogP contribution in [0.4, 0.5) is 0 Å². The smallest absolute Gasteiger partial charge is 0.261 e. The molecule has 0 radical (unpaired) electrons. The third kappa shape index (κ3) is 3.36. The molecule has 0 aromatic carbocycles. The van der Waals surface area contributed by atoms with Crippen molar-refractivity contribution in [3.05, 3.63) is 75.3 Å². The molecule has 0 atom stereocenters. The summed E-state index contributed by atoms with van der Waals surface area (Å²) in [6, 6.07) is 8.04. The highest BCUT2D eigenvalue weighted by Gasteiger charge is 2.15. The molecule has 3 rings (SSSR count). The van der Waals surface area contributed by atoms with Gasteiger partial charge in [0.15, 0.2) is 0 Å². The highest BCUT2D eigenvalue weighted by molar-refractivity contribution is 7.16. The van der Waals surface area contributed by atoms with E-state index in [1.165, 1.54) is 28.2 Å². The molecule has 7 heteroatoms. The first kappa shape index (κ1) is 15.9. The Labute approximate surface area is 142 Å². The van der Waals surface area contributed by atoms with Gasteiger partial charge in [0.25, 0.3) is 11.5 Å². The van der Waals surface area contributed by atoms with Gasteiger partial charge in [-0.05, 0) is 36.2 Å². The Morgan fingerprint density at radius 2 is 2.21 bits per heavy atom. The molecule has 0 saturated carbocycles. The number of pyridine rings is 2. The zero-order chi connectivity index (χ0) is 17.1. The molecule has 0 aliphatic carbocycles. The number of aryl methyl sites for hydroxylation is 1. The molecule has 0 saturated heterocycles. The van der Waals surface area contributed by atoms with Crippen molar-refractivity contribution < 1.29 is 9.90 Å². The largest absolute Gasteiger partial charge is 0.508 e. The second kappa shape index (κ2) is 6.67. The lowest BCUT2D eigenvalue weighted by Crippen LogP contribution is -2.22. The average Bonchev–Trinajstić information content (AvgIpc) is 2.95. The van der Waals surface area contributed by atoms with Crippen LogP contribution in [0.15, 0.2) is 53.7 Å². The molecule has 0 bridgehead atoms. The molecule has 1 amide bonds. The van der Waals surface area contributed by atoms with Crippen molar-refractivity contribution >= 4 is 17.2 Å². The summed E-state index contributed by atoms with van der Waals surface area (Å²) in [4.78, 5) is 28.9. The normalized spacial score (nSPS) is 10.5. The van der Waals surface area contributed by atoms with E-state index in [1.807, 2.05) is 19.1 Å². The Morgan fingerprint density at radius 1 is 1.38 bits per heavy atom. The molecule has 6 nitrogen and oxygen atoms in total. The second-order valence-corrected chi connectivity index (χ2v) is 6.26. The lowest BCUT2D eigenvalue weighted by atomic mass is 10.2. The maximum atomic E-state index is 12.4. The first-order valence-electron chi connectivity index (χ1n) is 7.24. The van der Waals surface area contributed by atoms with Gasteiger partial charge in [-0.2, -0.15) is 0 Å². The van der Waals surface area contributed by atoms with Crippen LogP contribution in [0.5, 0.6) is 5.75 Å². The van der Waals surface area contributed by atoms with Gasteiger partial charge in [-0.1, -0.05) is 6.07 Å². The standard InChI is InChI=1S/C17H15N3O3S/c1-11-7-15(20-6-4-13(21)8-14(20)22)24-16(11)17(23)19-10-12-3-2-5-18-9-12/h2-9,21H,10H2,1H3,(H,19,23). The first-order chi connectivity index (χ1) is 11.5. The Bertz CT molecular complexity index is 932. The Kier molecular flexibility index (Phi) is 4.43. The predicted molar refractivity (Wildman–Crippen MR) is 91.7 cm³/mol. The minimum absolute atomic E-state index is 0.0843. The number of rotatable bonds is 4. The minimum atomic E-state index is -0.349. The summed E-state index contributed by atoms with van der Waals surface area (Å²) in [6.07, 6.45) is 4.86. The molecule has 0 unspecified atom stereocenters. The third-order valence-electron chi connectivity index (χ3n) is 3.43. The van der Waals surface area contributed by atoms with Crippen LogP contribution in [0.25, 0.3) is 5.00 Å². The van der Waals surface area contributed by atoms with Crippen molar-refractivity contribution in [1.29, 1.82) is 0 Å². The number of nitrogens with zero attached hydrogens (tertiary/aromatic N) is 2. The SMILES string of the molecule is Cc1cc(-n2ccc(O)cc2=O)sc1C(=O)NCc1cccnc1. The molecule has 3 aromatic rings. The number of aromatic hydroxyl groups is 1. The molecule has 3 heterocycles. The van der Waals surface area contributed by atoms with E-state index in [0.717, 1.165) is 17.2 Å². The van der Waals surface area contributed by atoms with E-state index < -0.39 is 0 Å². The Hall–Kier alpha value is -2.93. The summed E-state index contributed by atoms with van der Waals surface area (Å²) >= 11 is 1.23. The zero-order valence-corrected chi connectivity index (χ0v) is 13.7. The van der Waals surface area contributed by atoms with Crippen LogP contribution in [0.2, 0.25) is 0 Å². The fourth-order valence-corrected chi connectivity index (χ4v) is 3.30. The van der Waals surface area contributed by atoms with Gasteiger partial charge in [-0.25, -0.2) is 0 Å². The van der Waals surface area contributed by atoms with Crippen molar-refractivity contribution in [3.63, 3.8) is 0 Å². The fourth-order valence-electron chi connectivity index (χ4n) is 2.23. The number of nitrogens with one attached hydrogen (secondary N) is 1. The monoisotopic (exact) mass is 341 g/mol. The first-order valence-corrected chi connectivity index (χ1v) is 8.06. The molecule has 24 heavy (non-hydrogen) atoms. The molecule has 0 aliphatic heterocycles. The Balaban J connectivity index is 1.81. The fraction of sp³-hybridized carbons (Fsp3) is 0.118. The number of aromatic nitrogens is 2. The third-order valence-corrected chi connectivity index (χ3v) is 4.66. The number of hydrogen-bond acceptors (Lipinski definition) is 5. The number of hydrogen-bond donors (Lipinski definition) is 2. The number of amides is 1. The van der Waals surface area contributed by atoms with Gasteiger partial charge < -0.3 is 10.4 Å². The van der Waals surface area contributed by atoms with Gasteiger partial charge in [0.05, 0.1) is 4.88 Å². The highest BCUT2D eigenvalue weighted by atomic mass is 32.1. The van der Waals surface area contributed by atoms with E-state index in [-0.39, 0.29) is 17.2 Å². The van der Waals surface area contributed by atoms with Crippen LogP contribution in [0.1, 0.15) is 20.8 Å². The van der Waals surface area contributed by atoms with Gasteiger partial charge >= 0.3 is 0 Å². The molecule has 3 aromatic heterocycles. The summed E-state index contributed by atoms with van der Waals surface area (Å²) in [5, 5.41) is 12.8. The van der Waals surface area contributed by atoms with E-state index in [1.54, 1.807) is 18.5 Å². The minimum Gasteiger partial charge on any atom is -0.508 e. The molecule has 2 N–H and O–H groups in total. The van der Waals surface area contributed by atoms with E-state index in [0.29, 0.717) is 16.4 Å². The van der Waals surface area contributed by atoms with Crippen LogP contribution >= 0.6 is 11.3 Å². The number of carbonyl (C=O) groups excluding carboxylic acids is 1. The van der Waals surface area contributed by atoms with Crippen LogP contribution in [-0.4, -0.2) is 20.6 Å². The van der Waals surface area contributed by atoms with E-state index in [2.05, 4.69) is 10.3 Å².